The van der Waals surface area contributed by atoms with Crippen LogP contribution < -0.4 is 16.2 Å². The first-order chi connectivity index (χ1) is 12.9. The summed E-state index contributed by atoms with van der Waals surface area (Å²) in [6.45, 7) is 2.08. The van der Waals surface area contributed by atoms with Crippen LogP contribution in [0.25, 0.3) is 10.6 Å². The average molecular weight is 409 g/mol. The van der Waals surface area contributed by atoms with Crippen LogP contribution in [0.5, 0.6) is 0 Å². The van der Waals surface area contributed by atoms with E-state index < -0.39 is 27.8 Å². The maximum Gasteiger partial charge on any atom is 0.333 e. The van der Waals surface area contributed by atoms with Gasteiger partial charge in [0.1, 0.15) is 10.7 Å². The Labute approximate surface area is 161 Å². The van der Waals surface area contributed by atoms with Gasteiger partial charge in [-0.05, 0) is 18.4 Å². The van der Waals surface area contributed by atoms with E-state index in [-0.39, 0.29) is 17.2 Å². The summed E-state index contributed by atoms with van der Waals surface area (Å²) in [6.07, 6.45) is 1.32. The van der Waals surface area contributed by atoms with Gasteiger partial charge in [0.25, 0.3) is 5.91 Å². The van der Waals surface area contributed by atoms with Crippen molar-refractivity contribution in [2.24, 2.45) is 0 Å². The number of benzene rings is 1. The SMILES string of the molecule is CCc1ccc(-c2nc(C(=O)NNC(=O)N[C@@H]3CCS(=O)(=O)C3)cs2)cc1. The minimum atomic E-state index is -3.08. The Kier molecular flexibility index (Phi) is 5.76. The normalized spacial score (nSPS) is 18.0. The highest BCUT2D eigenvalue weighted by Gasteiger charge is 2.29. The molecule has 0 bridgehead atoms. The molecule has 1 aliphatic rings. The third-order valence-electron chi connectivity index (χ3n) is 4.20. The van der Waals surface area contributed by atoms with Gasteiger partial charge >= 0.3 is 6.03 Å². The van der Waals surface area contributed by atoms with Gasteiger partial charge in [0.05, 0.1) is 11.5 Å². The minimum Gasteiger partial charge on any atom is -0.333 e. The molecule has 3 N–H and O–H groups in total. The van der Waals surface area contributed by atoms with E-state index in [1.54, 1.807) is 5.38 Å². The summed E-state index contributed by atoms with van der Waals surface area (Å²) in [5.41, 5.74) is 6.82. The van der Waals surface area contributed by atoms with Crippen molar-refractivity contribution in [3.63, 3.8) is 0 Å². The van der Waals surface area contributed by atoms with Gasteiger partial charge in [-0.15, -0.1) is 11.3 Å². The van der Waals surface area contributed by atoms with Crippen LogP contribution in [0.3, 0.4) is 0 Å². The van der Waals surface area contributed by atoms with Crippen molar-refractivity contribution in [1.82, 2.24) is 21.2 Å². The molecule has 1 atom stereocenters. The third kappa shape index (κ3) is 5.04. The van der Waals surface area contributed by atoms with Gasteiger partial charge in [-0.1, -0.05) is 31.2 Å². The third-order valence-corrected chi connectivity index (χ3v) is 6.86. The average Bonchev–Trinajstić information content (AvgIpc) is 3.26. The van der Waals surface area contributed by atoms with Gasteiger partial charge in [-0.3, -0.25) is 10.2 Å². The fourth-order valence-electron chi connectivity index (χ4n) is 2.70. The molecule has 10 heteroatoms. The summed E-state index contributed by atoms with van der Waals surface area (Å²) < 4.78 is 22.8. The molecular weight excluding hydrogens is 388 g/mol. The first-order valence-corrected chi connectivity index (χ1v) is 11.2. The molecule has 2 aromatic rings. The first-order valence-electron chi connectivity index (χ1n) is 8.48. The van der Waals surface area contributed by atoms with Gasteiger partial charge in [0, 0.05) is 17.0 Å². The fourth-order valence-corrected chi connectivity index (χ4v) is 5.18. The molecule has 0 radical (unpaired) electrons. The molecular formula is C17H20N4O4S2. The zero-order valence-corrected chi connectivity index (χ0v) is 16.3. The Balaban J connectivity index is 1.52. The number of urea groups is 1. The Morgan fingerprint density at radius 2 is 1.96 bits per heavy atom. The van der Waals surface area contributed by atoms with Crippen LogP contribution in [0, 0.1) is 0 Å². The van der Waals surface area contributed by atoms with Crippen LogP contribution in [0.1, 0.15) is 29.4 Å². The Morgan fingerprint density at radius 3 is 2.59 bits per heavy atom. The van der Waals surface area contributed by atoms with Crippen molar-refractivity contribution in [3.8, 4) is 10.6 Å². The lowest BCUT2D eigenvalue weighted by molar-refractivity contribution is 0.0931. The minimum absolute atomic E-state index is 0.0607. The molecule has 27 heavy (non-hydrogen) atoms. The molecule has 3 rings (SSSR count). The summed E-state index contributed by atoms with van der Waals surface area (Å²) in [5, 5.41) is 4.85. The molecule has 1 fully saturated rings. The molecule has 1 aromatic carbocycles. The highest BCUT2D eigenvalue weighted by molar-refractivity contribution is 7.91. The van der Waals surface area contributed by atoms with Crippen LogP contribution in [0.4, 0.5) is 4.79 Å². The second-order valence-corrected chi connectivity index (χ2v) is 9.33. The maximum absolute atomic E-state index is 12.1. The summed E-state index contributed by atoms with van der Waals surface area (Å²) in [7, 11) is -3.08. The Bertz CT molecular complexity index is 938. The van der Waals surface area contributed by atoms with E-state index in [2.05, 4.69) is 28.1 Å². The molecule has 1 saturated heterocycles. The highest BCUT2D eigenvalue weighted by Crippen LogP contribution is 2.24. The smallest absolute Gasteiger partial charge is 0.333 e. The van der Waals surface area contributed by atoms with Crippen LogP contribution in [-0.2, 0) is 16.3 Å². The quantitative estimate of drug-likeness (QED) is 0.663. The molecule has 0 unspecified atom stereocenters. The standard InChI is InChI=1S/C17H20N4O4S2/c1-2-11-3-5-12(6-4-11)16-19-14(9-26-16)15(22)20-21-17(23)18-13-7-8-27(24,25)10-13/h3-6,9,13H,2,7-8,10H2,1H3,(H,20,22)(H2,18,21,23)/t13-/m1/s1. The van der Waals surface area contributed by atoms with Crippen molar-refractivity contribution in [2.75, 3.05) is 11.5 Å². The van der Waals surface area contributed by atoms with E-state index in [0.717, 1.165) is 12.0 Å². The van der Waals surface area contributed by atoms with E-state index in [4.69, 9.17) is 0 Å². The summed E-state index contributed by atoms with van der Waals surface area (Å²) >= 11 is 1.34. The lowest BCUT2D eigenvalue weighted by Crippen LogP contribution is -2.50. The summed E-state index contributed by atoms with van der Waals surface area (Å²) in [6, 6.07) is 6.86. The number of thiazole rings is 1. The van der Waals surface area contributed by atoms with Crippen LogP contribution in [0.2, 0.25) is 0 Å². The first kappa shape index (κ1) is 19.3. The number of hydrazine groups is 1. The monoisotopic (exact) mass is 408 g/mol. The number of hydrogen-bond acceptors (Lipinski definition) is 6. The number of hydrogen-bond donors (Lipinski definition) is 3. The van der Waals surface area contributed by atoms with Crippen LogP contribution in [-0.4, -0.2) is 42.9 Å². The maximum atomic E-state index is 12.1. The number of aromatic nitrogens is 1. The summed E-state index contributed by atoms with van der Waals surface area (Å²) in [4.78, 5) is 28.2. The predicted octanol–water partition coefficient (Wildman–Crippen LogP) is 1.50. The van der Waals surface area contributed by atoms with Crippen molar-refractivity contribution in [1.29, 1.82) is 0 Å². The lowest BCUT2D eigenvalue weighted by atomic mass is 10.1. The molecule has 8 nitrogen and oxygen atoms in total. The molecule has 0 aliphatic carbocycles. The fraction of sp³-hybridized carbons (Fsp3) is 0.353. The van der Waals surface area contributed by atoms with E-state index in [0.29, 0.717) is 11.4 Å². The van der Waals surface area contributed by atoms with Crippen molar-refractivity contribution < 1.29 is 18.0 Å². The molecule has 3 amide bonds. The number of nitrogens with one attached hydrogen (secondary N) is 3. The van der Waals surface area contributed by atoms with E-state index >= 15 is 0 Å². The number of rotatable bonds is 4. The second kappa shape index (κ2) is 8.05. The van der Waals surface area contributed by atoms with Gasteiger partial charge < -0.3 is 5.32 Å². The Hall–Kier alpha value is -2.46. The van der Waals surface area contributed by atoms with E-state index in [1.807, 2.05) is 24.3 Å². The number of carbonyl (C=O) groups excluding carboxylic acids is 2. The second-order valence-electron chi connectivity index (χ2n) is 6.24. The van der Waals surface area contributed by atoms with Crippen molar-refractivity contribution in [2.45, 2.75) is 25.8 Å². The van der Waals surface area contributed by atoms with Gasteiger partial charge in [-0.2, -0.15) is 0 Å². The number of amides is 3. The zero-order valence-electron chi connectivity index (χ0n) is 14.7. The van der Waals surface area contributed by atoms with Crippen LogP contribution >= 0.6 is 11.3 Å². The topological polar surface area (TPSA) is 117 Å². The molecule has 0 saturated carbocycles. The molecule has 0 spiro atoms. The van der Waals surface area contributed by atoms with E-state index in [1.165, 1.54) is 16.9 Å². The zero-order chi connectivity index (χ0) is 19.4. The largest absolute Gasteiger partial charge is 0.333 e. The molecule has 1 aromatic heterocycles. The molecule has 2 heterocycles. The van der Waals surface area contributed by atoms with Gasteiger partial charge in [-0.25, -0.2) is 23.6 Å². The number of nitrogens with zero attached hydrogens (tertiary/aromatic N) is 1. The van der Waals surface area contributed by atoms with Gasteiger partial charge in [0.2, 0.25) is 0 Å². The molecule has 144 valence electrons. The summed E-state index contributed by atoms with van der Waals surface area (Å²) in [5.74, 6) is -0.567. The highest BCUT2D eigenvalue weighted by atomic mass is 32.2. The lowest BCUT2D eigenvalue weighted by Gasteiger charge is -2.12. The predicted molar refractivity (Wildman–Crippen MR) is 103 cm³/mol. The van der Waals surface area contributed by atoms with E-state index in [9.17, 15) is 18.0 Å². The number of sulfone groups is 1. The van der Waals surface area contributed by atoms with Crippen molar-refractivity contribution in [3.05, 3.63) is 40.9 Å². The van der Waals surface area contributed by atoms with Crippen molar-refractivity contribution >= 4 is 33.1 Å². The molecule has 1 aliphatic heterocycles. The Morgan fingerprint density at radius 1 is 1.22 bits per heavy atom. The number of aryl methyl sites for hydroxylation is 1. The van der Waals surface area contributed by atoms with Gasteiger partial charge in [0.15, 0.2) is 9.84 Å². The van der Waals surface area contributed by atoms with Crippen LogP contribution in [0.15, 0.2) is 29.6 Å². The number of carbonyl (C=O) groups is 2.